The molecule has 0 aliphatic carbocycles. The van der Waals surface area contributed by atoms with Crippen molar-refractivity contribution in [2.75, 3.05) is 46.1 Å². The first-order chi connectivity index (χ1) is 8.44. The first-order valence-corrected chi connectivity index (χ1v) is 7.00. The van der Waals surface area contributed by atoms with Gasteiger partial charge in [-0.1, -0.05) is 13.8 Å². The van der Waals surface area contributed by atoms with E-state index < -0.39 is 0 Å². The Kier molecular flexibility index (Phi) is 9.64. The van der Waals surface area contributed by atoms with Gasteiger partial charge >= 0.3 is 0 Å². The molecule has 0 aliphatic rings. The molecule has 110 valence electrons. The van der Waals surface area contributed by atoms with Gasteiger partial charge in [-0.15, -0.1) is 0 Å². The van der Waals surface area contributed by atoms with Gasteiger partial charge in [0.1, 0.15) is 0 Å². The van der Waals surface area contributed by atoms with E-state index in [0.717, 1.165) is 46.1 Å². The molecule has 0 saturated carbocycles. The molecule has 0 spiro atoms. The molecule has 0 heterocycles. The molecule has 0 saturated heterocycles. The molecule has 1 atom stereocenters. The second-order valence-electron chi connectivity index (χ2n) is 5.33. The van der Waals surface area contributed by atoms with Gasteiger partial charge in [-0.3, -0.25) is 4.90 Å². The average Bonchev–Trinajstić information content (AvgIpc) is 2.28. The summed E-state index contributed by atoms with van der Waals surface area (Å²) in [6.45, 7) is 15.6. The van der Waals surface area contributed by atoms with E-state index in [1.165, 1.54) is 0 Å². The Balaban J connectivity index is 4.18. The Bertz CT molecular complexity index is 185. The van der Waals surface area contributed by atoms with Crippen LogP contribution in [-0.4, -0.2) is 62.2 Å². The summed E-state index contributed by atoms with van der Waals surface area (Å²) in [4.78, 5) is 2.30. The highest BCUT2D eigenvalue weighted by Gasteiger charge is 2.26. The highest BCUT2D eigenvalue weighted by Crippen LogP contribution is 2.21. The smallest absolute Gasteiger partial charge is 0.0593 e. The first-order valence-electron chi connectivity index (χ1n) is 7.00. The zero-order valence-electron chi connectivity index (χ0n) is 12.7. The molecule has 1 N–H and O–H groups in total. The van der Waals surface area contributed by atoms with Crippen LogP contribution in [0.25, 0.3) is 0 Å². The van der Waals surface area contributed by atoms with Crippen LogP contribution in [0.2, 0.25) is 0 Å². The van der Waals surface area contributed by atoms with Gasteiger partial charge in [0, 0.05) is 38.3 Å². The van der Waals surface area contributed by atoms with Gasteiger partial charge in [0.15, 0.2) is 0 Å². The predicted molar refractivity (Wildman–Crippen MR) is 74.9 cm³/mol. The summed E-state index contributed by atoms with van der Waals surface area (Å²) in [6, 6.07) is 0. The lowest BCUT2D eigenvalue weighted by molar-refractivity contribution is 0.0142. The molecule has 0 fully saturated rings. The minimum absolute atomic E-state index is 0.113. The molecule has 0 aromatic rings. The van der Waals surface area contributed by atoms with Gasteiger partial charge in [-0.2, -0.15) is 0 Å². The van der Waals surface area contributed by atoms with Gasteiger partial charge in [-0.05, 0) is 20.8 Å². The van der Waals surface area contributed by atoms with Crippen molar-refractivity contribution in [1.29, 1.82) is 0 Å². The summed E-state index contributed by atoms with van der Waals surface area (Å²) in [5.74, 6) is 0. The molecule has 1 unspecified atom stereocenters. The normalized spacial score (nSPS) is 14.2. The van der Waals surface area contributed by atoms with E-state index in [0.29, 0.717) is 0 Å². The summed E-state index contributed by atoms with van der Waals surface area (Å²) in [5.41, 5.74) is -0.113. The standard InChI is InChI=1S/C14H31NO3/c1-6-17-10-8-15(9-11-18-7-2)12-14(4,5)13(3)16/h13,16H,6-12H2,1-5H3. The lowest BCUT2D eigenvalue weighted by Gasteiger charge is -2.34. The Morgan fingerprint density at radius 1 is 1.06 bits per heavy atom. The van der Waals surface area contributed by atoms with E-state index in [2.05, 4.69) is 18.7 Å². The van der Waals surface area contributed by atoms with E-state index in [4.69, 9.17) is 9.47 Å². The van der Waals surface area contributed by atoms with Crippen LogP contribution < -0.4 is 0 Å². The number of nitrogens with zero attached hydrogens (tertiary/aromatic N) is 1. The van der Waals surface area contributed by atoms with E-state index in [-0.39, 0.29) is 11.5 Å². The van der Waals surface area contributed by atoms with Gasteiger partial charge in [0.25, 0.3) is 0 Å². The van der Waals surface area contributed by atoms with Crippen LogP contribution in [-0.2, 0) is 9.47 Å². The number of aliphatic hydroxyl groups excluding tert-OH is 1. The molecule has 0 amide bonds. The highest BCUT2D eigenvalue weighted by atomic mass is 16.5. The largest absolute Gasteiger partial charge is 0.393 e. The molecule has 18 heavy (non-hydrogen) atoms. The van der Waals surface area contributed by atoms with Crippen molar-refractivity contribution in [1.82, 2.24) is 4.90 Å². The van der Waals surface area contributed by atoms with E-state index in [1.54, 1.807) is 0 Å². The van der Waals surface area contributed by atoms with E-state index in [1.807, 2.05) is 20.8 Å². The van der Waals surface area contributed by atoms with Crippen molar-refractivity contribution in [3.63, 3.8) is 0 Å². The maximum Gasteiger partial charge on any atom is 0.0593 e. The van der Waals surface area contributed by atoms with Crippen molar-refractivity contribution in [3.05, 3.63) is 0 Å². The fourth-order valence-electron chi connectivity index (χ4n) is 1.65. The van der Waals surface area contributed by atoms with Gasteiger partial charge in [-0.25, -0.2) is 0 Å². The second-order valence-corrected chi connectivity index (χ2v) is 5.33. The maximum absolute atomic E-state index is 9.78. The summed E-state index contributed by atoms with van der Waals surface area (Å²) in [7, 11) is 0. The fourth-order valence-corrected chi connectivity index (χ4v) is 1.65. The lowest BCUT2D eigenvalue weighted by Crippen LogP contribution is -2.43. The van der Waals surface area contributed by atoms with Crippen LogP contribution in [0, 0.1) is 5.41 Å². The quantitative estimate of drug-likeness (QED) is 0.576. The highest BCUT2D eigenvalue weighted by molar-refractivity contribution is 4.78. The van der Waals surface area contributed by atoms with Crippen molar-refractivity contribution < 1.29 is 14.6 Å². The maximum atomic E-state index is 9.78. The Hall–Kier alpha value is -0.160. The minimum atomic E-state index is -0.320. The third kappa shape index (κ3) is 8.03. The number of hydrogen-bond acceptors (Lipinski definition) is 4. The summed E-state index contributed by atoms with van der Waals surface area (Å²) in [6.07, 6.45) is -0.320. The Morgan fingerprint density at radius 2 is 1.50 bits per heavy atom. The van der Waals surface area contributed by atoms with Crippen LogP contribution in [0.15, 0.2) is 0 Å². The molecule has 0 radical (unpaired) electrons. The van der Waals surface area contributed by atoms with Crippen LogP contribution in [0.3, 0.4) is 0 Å². The number of ether oxygens (including phenoxy) is 2. The van der Waals surface area contributed by atoms with Crippen LogP contribution in [0.4, 0.5) is 0 Å². The third-order valence-electron chi connectivity index (χ3n) is 3.27. The summed E-state index contributed by atoms with van der Waals surface area (Å²) in [5, 5.41) is 9.78. The van der Waals surface area contributed by atoms with Crippen LogP contribution in [0.1, 0.15) is 34.6 Å². The fraction of sp³-hybridized carbons (Fsp3) is 1.00. The number of aliphatic hydroxyl groups is 1. The Labute approximate surface area is 112 Å². The van der Waals surface area contributed by atoms with Crippen molar-refractivity contribution in [2.24, 2.45) is 5.41 Å². The van der Waals surface area contributed by atoms with Gasteiger partial charge in [0.05, 0.1) is 19.3 Å². The van der Waals surface area contributed by atoms with Crippen LogP contribution in [0.5, 0.6) is 0 Å². The van der Waals surface area contributed by atoms with Gasteiger partial charge < -0.3 is 14.6 Å². The molecule has 0 bridgehead atoms. The zero-order chi connectivity index (χ0) is 14.0. The summed E-state index contributed by atoms with van der Waals surface area (Å²) < 4.78 is 10.8. The molecular weight excluding hydrogens is 230 g/mol. The molecule has 0 aromatic heterocycles. The van der Waals surface area contributed by atoms with Crippen LogP contribution >= 0.6 is 0 Å². The van der Waals surface area contributed by atoms with E-state index >= 15 is 0 Å². The SMILES string of the molecule is CCOCCN(CCOCC)CC(C)(C)C(C)O. The first kappa shape index (κ1) is 17.8. The minimum Gasteiger partial charge on any atom is -0.393 e. The average molecular weight is 261 g/mol. The monoisotopic (exact) mass is 261 g/mol. The molecule has 0 aromatic carbocycles. The molecule has 4 heteroatoms. The molecular formula is C14H31NO3. The lowest BCUT2D eigenvalue weighted by atomic mass is 9.87. The molecule has 4 nitrogen and oxygen atoms in total. The van der Waals surface area contributed by atoms with Crippen molar-refractivity contribution in [3.8, 4) is 0 Å². The predicted octanol–water partition coefficient (Wildman–Crippen LogP) is 1.77. The van der Waals surface area contributed by atoms with Crippen molar-refractivity contribution in [2.45, 2.75) is 40.7 Å². The zero-order valence-corrected chi connectivity index (χ0v) is 12.7. The van der Waals surface area contributed by atoms with E-state index in [9.17, 15) is 5.11 Å². The molecule has 0 aliphatic heterocycles. The summed E-state index contributed by atoms with van der Waals surface area (Å²) >= 11 is 0. The van der Waals surface area contributed by atoms with Gasteiger partial charge in [0.2, 0.25) is 0 Å². The van der Waals surface area contributed by atoms with Crippen molar-refractivity contribution >= 4 is 0 Å². The topological polar surface area (TPSA) is 41.9 Å². The second kappa shape index (κ2) is 9.73. The Morgan fingerprint density at radius 3 is 1.83 bits per heavy atom. The third-order valence-corrected chi connectivity index (χ3v) is 3.27. The molecule has 0 rings (SSSR count). The number of rotatable bonds is 11. The number of hydrogen-bond donors (Lipinski definition) is 1.